The summed E-state index contributed by atoms with van der Waals surface area (Å²) in [5, 5.41) is 8.88. The molecule has 0 unspecified atom stereocenters. The Hall–Kier alpha value is -1.88. The number of aliphatic carboxylic acids is 1. The number of carbonyl (C=O) groups is 1. The fraction of sp³-hybridized carbons (Fsp3) is 0.143. The van der Waals surface area contributed by atoms with Crippen LogP contribution >= 0.6 is 15.9 Å². The van der Waals surface area contributed by atoms with Crippen molar-refractivity contribution in [1.29, 1.82) is 0 Å². The van der Waals surface area contributed by atoms with E-state index < -0.39 is 5.97 Å². The monoisotopic (exact) mass is 321 g/mol. The largest absolute Gasteiger partial charge is 0.481 e. The Morgan fingerprint density at radius 1 is 1.37 bits per heavy atom. The molecule has 0 radical (unpaired) electrons. The average Bonchev–Trinajstić information content (AvgIpc) is 2.36. The van der Waals surface area contributed by atoms with E-state index >= 15 is 0 Å². The maximum Gasteiger partial charge on any atom is 0.307 e. The van der Waals surface area contributed by atoms with Crippen LogP contribution in [0.25, 0.3) is 0 Å². The van der Waals surface area contributed by atoms with Crippen molar-refractivity contribution in [2.24, 2.45) is 0 Å². The molecule has 0 saturated carbocycles. The smallest absolute Gasteiger partial charge is 0.307 e. The van der Waals surface area contributed by atoms with E-state index in [1.54, 1.807) is 30.5 Å². The van der Waals surface area contributed by atoms with E-state index in [9.17, 15) is 4.79 Å². The number of ether oxygens (including phenoxy) is 1. The van der Waals surface area contributed by atoms with Gasteiger partial charge in [0.25, 0.3) is 0 Å². The predicted octanol–water partition coefficient (Wildman–Crippen LogP) is 3.57. The predicted molar refractivity (Wildman–Crippen MR) is 74.5 cm³/mol. The number of hydrogen-bond donors (Lipinski definition) is 1. The van der Waals surface area contributed by atoms with Crippen LogP contribution in [0, 0.1) is 6.92 Å². The quantitative estimate of drug-likeness (QED) is 0.935. The third-order valence-electron chi connectivity index (χ3n) is 2.57. The fourth-order valence-corrected chi connectivity index (χ4v) is 1.92. The molecule has 1 aromatic heterocycles. The lowest BCUT2D eigenvalue weighted by Gasteiger charge is -2.11. The lowest BCUT2D eigenvalue weighted by molar-refractivity contribution is -0.136. The second kappa shape index (κ2) is 5.84. The van der Waals surface area contributed by atoms with E-state index in [2.05, 4.69) is 20.9 Å². The lowest BCUT2D eigenvalue weighted by atomic mass is 10.1. The zero-order valence-electron chi connectivity index (χ0n) is 10.3. The summed E-state index contributed by atoms with van der Waals surface area (Å²) in [6.07, 6.45) is 1.56. The summed E-state index contributed by atoms with van der Waals surface area (Å²) in [5.41, 5.74) is 1.62. The number of aromatic nitrogens is 1. The molecule has 0 aliphatic rings. The second-order valence-corrected chi connectivity index (χ2v) is 4.82. The Morgan fingerprint density at radius 2 is 2.11 bits per heavy atom. The molecule has 4 nitrogen and oxygen atoms in total. The first-order valence-corrected chi connectivity index (χ1v) is 6.46. The number of carboxylic acids is 1. The van der Waals surface area contributed by atoms with Crippen molar-refractivity contribution in [3.05, 3.63) is 52.1 Å². The molecule has 19 heavy (non-hydrogen) atoms. The molecule has 0 saturated heterocycles. The zero-order valence-corrected chi connectivity index (χ0v) is 11.8. The third kappa shape index (κ3) is 3.32. The van der Waals surface area contributed by atoms with Gasteiger partial charge >= 0.3 is 5.97 Å². The van der Waals surface area contributed by atoms with Crippen molar-refractivity contribution in [2.45, 2.75) is 13.3 Å². The molecule has 0 aliphatic heterocycles. The summed E-state index contributed by atoms with van der Waals surface area (Å²) < 4.78 is 6.46. The molecule has 0 bridgehead atoms. The van der Waals surface area contributed by atoms with Crippen LogP contribution in [0.2, 0.25) is 0 Å². The van der Waals surface area contributed by atoms with Gasteiger partial charge in [-0.15, -0.1) is 0 Å². The van der Waals surface area contributed by atoms with Gasteiger partial charge in [-0.05, 0) is 40.5 Å². The first-order chi connectivity index (χ1) is 9.08. The zero-order chi connectivity index (χ0) is 13.8. The van der Waals surface area contributed by atoms with Crippen LogP contribution in [0.3, 0.4) is 0 Å². The Balaban J connectivity index is 2.33. The van der Waals surface area contributed by atoms with E-state index in [-0.39, 0.29) is 6.42 Å². The maximum atomic E-state index is 10.8. The molecular formula is C14H12BrNO3. The van der Waals surface area contributed by atoms with Gasteiger partial charge in [-0.3, -0.25) is 4.79 Å². The highest BCUT2D eigenvalue weighted by atomic mass is 79.9. The molecule has 1 N–H and O–H groups in total. The van der Waals surface area contributed by atoms with Crippen LogP contribution in [0.4, 0.5) is 0 Å². The molecule has 0 aliphatic carbocycles. The number of nitrogens with zero attached hydrogens (tertiary/aromatic N) is 1. The normalized spacial score (nSPS) is 10.2. The number of benzene rings is 1. The Morgan fingerprint density at radius 3 is 2.84 bits per heavy atom. The van der Waals surface area contributed by atoms with Crippen molar-refractivity contribution >= 4 is 21.9 Å². The van der Waals surface area contributed by atoms with Crippen molar-refractivity contribution < 1.29 is 14.6 Å². The van der Waals surface area contributed by atoms with Crippen LogP contribution < -0.4 is 4.74 Å². The first kappa shape index (κ1) is 13.5. The highest BCUT2D eigenvalue weighted by molar-refractivity contribution is 9.10. The molecule has 0 amide bonds. The Bertz CT molecular complexity index is 613. The second-order valence-electron chi connectivity index (χ2n) is 4.03. The number of pyridine rings is 1. The molecular weight excluding hydrogens is 310 g/mol. The number of hydrogen-bond acceptors (Lipinski definition) is 3. The summed E-state index contributed by atoms with van der Waals surface area (Å²) in [4.78, 5) is 15.0. The van der Waals surface area contributed by atoms with E-state index in [4.69, 9.17) is 9.84 Å². The SMILES string of the molecule is Cc1ccnc(Oc2ccccc2CC(=O)O)c1Br. The topological polar surface area (TPSA) is 59.4 Å². The molecule has 98 valence electrons. The summed E-state index contributed by atoms with van der Waals surface area (Å²) in [7, 11) is 0. The van der Waals surface area contributed by atoms with Crippen molar-refractivity contribution in [1.82, 2.24) is 4.98 Å². The summed E-state index contributed by atoms with van der Waals surface area (Å²) in [5.74, 6) is 0.0360. The van der Waals surface area contributed by atoms with Crippen molar-refractivity contribution in [3.63, 3.8) is 0 Å². The molecule has 1 aromatic carbocycles. The Kier molecular flexibility index (Phi) is 4.16. The maximum absolute atomic E-state index is 10.8. The van der Waals surface area contributed by atoms with Gasteiger partial charge in [0.1, 0.15) is 5.75 Å². The van der Waals surface area contributed by atoms with Crippen LogP contribution in [0.1, 0.15) is 11.1 Å². The van der Waals surface area contributed by atoms with Crippen molar-refractivity contribution in [2.75, 3.05) is 0 Å². The van der Waals surface area contributed by atoms with Gasteiger partial charge in [-0.2, -0.15) is 0 Å². The molecule has 0 atom stereocenters. The number of rotatable bonds is 4. The minimum atomic E-state index is -0.896. The number of carboxylic acid groups (broad SMARTS) is 1. The average molecular weight is 322 g/mol. The molecule has 2 rings (SSSR count). The Labute approximate surface area is 119 Å². The third-order valence-corrected chi connectivity index (χ3v) is 3.54. The fourth-order valence-electron chi connectivity index (χ4n) is 1.60. The molecule has 2 aromatic rings. The summed E-state index contributed by atoms with van der Waals surface area (Å²) in [6.45, 7) is 1.93. The highest BCUT2D eigenvalue weighted by Crippen LogP contribution is 2.31. The van der Waals surface area contributed by atoms with Gasteiger partial charge < -0.3 is 9.84 Å². The van der Waals surface area contributed by atoms with Gasteiger partial charge in [0, 0.05) is 11.8 Å². The lowest BCUT2D eigenvalue weighted by Crippen LogP contribution is -2.02. The number of halogens is 1. The summed E-state index contributed by atoms with van der Waals surface area (Å²) in [6, 6.07) is 8.90. The van der Waals surface area contributed by atoms with Gasteiger partial charge in [-0.1, -0.05) is 18.2 Å². The van der Waals surface area contributed by atoms with Gasteiger partial charge in [0.15, 0.2) is 0 Å². The van der Waals surface area contributed by atoms with E-state index in [1.165, 1.54) is 0 Å². The van der Waals surface area contributed by atoms with Crippen LogP contribution in [0.15, 0.2) is 41.0 Å². The highest BCUT2D eigenvalue weighted by Gasteiger charge is 2.11. The minimum Gasteiger partial charge on any atom is -0.481 e. The van der Waals surface area contributed by atoms with E-state index in [0.717, 1.165) is 10.0 Å². The van der Waals surface area contributed by atoms with Gasteiger partial charge in [0.05, 0.1) is 10.9 Å². The first-order valence-electron chi connectivity index (χ1n) is 5.66. The standard InChI is InChI=1S/C14H12BrNO3/c1-9-6-7-16-14(13(9)15)19-11-5-3-2-4-10(11)8-12(17)18/h2-7H,8H2,1H3,(H,17,18). The number of para-hydroxylation sites is 1. The van der Waals surface area contributed by atoms with Crippen LogP contribution in [-0.2, 0) is 11.2 Å². The number of aryl methyl sites for hydroxylation is 1. The minimum absolute atomic E-state index is 0.0837. The molecule has 0 spiro atoms. The van der Waals surface area contributed by atoms with Crippen LogP contribution in [-0.4, -0.2) is 16.1 Å². The molecule has 0 fully saturated rings. The molecule has 1 heterocycles. The van der Waals surface area contributed by atoms with Gasteiger partial charge in [0.2, 0.25) is 5.88 Å². The summed E-state index contributed by atoms with van der Waals surface area (Å²) >= 11 is 3.41. The van der Waals surface area contributed by atoms with Crippen LogP contribution in [0.5, 0.6) is 11.6 Å². The van der Waals surface area contributed by atoms with Crippen molar-refractivity contribution in [3.8, 4) is 11.6 Å². The van der Waals surface area contributed by atoms with Gasteiger partial charge in [-0.25, -0.2) is 4.98 Å². The van der Waals surface area contributed by atoms with E-state index in [0.29, 0.717) is 17.2 Å². The molecule has 5 heteroatoms. The van der Waals surface area contributed by atoms with E-state index in [1.807, 2.05) is 13.0 Å².